The van der Waals surface area contributed by atoms with E-state index in [2.05, 4.69) is 16.7 Å². The standard InChI is InChI=1S/C18H21NO2/c1-12-3-4-16-15(9-13(2)18(16)21)10-17(12)19-7-5-14(11-20)6-8-19/h4,10-11,13-14H,5-9H2,1-2H3. The first-order chi connectivity index (χ1) is 10.1. The molecular formula is C18H21NO2. The van der Waals surface area contributed by atoms with Crippen LogP contribution in [0.4, 0.5) is 0 Å². The summed E-state index contributed by atoms with van der Waals surface area (Å²) >= 11 is 0. The fourth-order valence-electron chi connectivity index (χ4n) is 3.39. The molecule has 0 saturated carbocycles. The third-order valence-corrected chi connectivity index (χ3v) is 4.79. The summed E-state index contributed by atoms with van der Waals surface area (Å²) in [4.78, 5) is 25.4. The zero-order chi connectivity index (χ0) is 15.0. The van der Waals surface area contributed by atoms with Crippen LogP contribution in [-0.4, -0.2) is 30.1 Å². The van der Waals surface area contributed by atoms with Gasteiger partial charge in [0.1, 0.15) is 6.29 Å². The first kappa shape index (κ1) is 14.1. The van der Waals surface area contributed by atoms with Crippen LogP contribution in [0.15, 0.2) is 40.3 Å². The molecule has 1 unspecified atom stereocenters. The van der Waals surface area contributed by atoms with Crippen molar-refractivity contribution in [3.63, 3.8) is 0 Å². The Morgan fingerprint density at radius 3 is 2.71 bits per heavy atom. The molecule has 0 N–H and O–H groups in total. The smallest absolute Gasteiger partial charge is 0.166 e. The highest BCUT2D eigenvalue weighted by Gasteiger charge is 2.29. The Hall–Kier alpha value is -1.86. The molecule has 0 bridgehead atoms. The molecule has 110 valence electrons. The van der Waals surface area contributed by atoms with E-state index < -0.39 is 0 Å². The highest BCUT2D eigenvalue weighted by Crippen LogP contribution is 2.34. The van der Waals surface area contributed by atoms with Crippen molar-refractivity contribution >= 4 is 12.1 Å². The maximum absolute atomic E-state index is 12.1. The molecule has 3 aliphatic rings. The average molecular weight is 283 g/mol. The maximum Gasteiger partial charge on any atom is 0.166 e. The number of hydrogen-bond acceptors (Lipinski definition) is 3. The molecule has 0 amide bonds. The van der Waals surface area contributed by atoms with E-state index >= 15 is 0 Å². The molecule has 2 aliphatic carbocycles. The predicted molar refractivity (Wildman–Crippen MR) is 81.5 cm³/mol. The summed E-state index contributed by atoms with van der Waals surface area (Å²) in [5.74, 6) is 0.530. The molecule has 0 aromatic carbocycles. The highest BCUT2D eigenvalue weighted by atomic mass is 16.1. The number of carbonyl (C=O) groups excluding carboxylic acids is 2. The molecule has 0 radical (unpaired) electrons. The molecule has 1 saturated heterocycles. The Balaban J connectivity index is 1.89. The molecular weight excluding hydrogens is 262 g/mol. The van der Waals surface area contributed by atoms with Gasteiger partial charge in [0.25, 0.3) is 0 Å². The van der Waals surface area contributed by atoms with E-state index in [0.717, 1.165) is 55.4 Å². The lowest BCUT2D eigenvalue weighted by Crippen LogP contribution is -2.33. The molecule has 0 aromatic rings. The van der Waals surface area contributed by atoms with Gasteiger partial charge < -0.3 is 9.69 Å². The van der Waals surface area contributed by atoms with E-state index in [9.17, 15) is 9.59 Å². The lowest BCUT2D eigenvalue weighted by Gasteiger charge is -2.33. The SMILES string of the molecule is CC1=C=CC2=C(C=C1N1CCC(C=O)CC1)CC(C)C2=O. The zero-order valence-electron chi connectivity index (χ0n) is 12.7. The van der Waals surface area contributed by atoms with E-state index in [1.807, 2.05) is 19.9 Å². The number of piperidine rings is 1. The summed E-state index contributed by atoms with van der Waals surface area (Å²) in [5.41, 5.74) is 7.50. The van der Waals surface area contributed by atoms with Gasteiger partial charge in [0, 0.05) is 41.8 Å². The van der Waals surface area contributed by atoms with Crippen molar-refractivity contribution in [3.05, 3.63) is 40.3 Å². The van der Waals surface area contributed by atoms with Crippen LogP contribution in [0, 0.1) is 11.8 Å². The molecule has 3 heteroatoms. The Bertz CT molecular complexity index is 609. The second-order valence-corrected chi connectivity index (χ2v) is 6.31. The third-order valence-electron chi connectivity index (χ3n) is 4.79. The normalized spacial score (nSPS) is 26.5. The largest absolute Gasteiger partial charge is 0.371 e. The van der Waals surface area contributed by atoms with Gasteiger partial charge in [-0.05, 0) is 43.9 Å². The highest BCUT2D eigenvalue weighted by molar-refractivity contribution is 6.03. The van der Waals surface area contributed by atoms with Crippen molar-refractivity contribution < 1.29 is 9.59 Å². The monoisotopic (exact) mass is 283 g/mol. The van der Waals surface area contributed by atoms with Crippen LogP contribution in [0.2, 0.25) is 0 Å². The Morgan fingerprint density at radius 1 is 1.33 bits per heavy atom. The van der Waals surface area contributed by atoms with Crippen molar-refractivity contribution in [1.29, 1.82) is 0 Å². The van der Waals surface area contributed by atoms with Crippen LogP contribution in [0.1, 0.15) is 33.1 Å². The van der Waals surface area contributed by atoms with Gasteiger partial charge >= 0.3 is 0 Å². The van der Waals surface area contributed by atoms with E-state index in [0.29, 0.717) is 0 Å². The lowest BCUT2D eigenvalue weighted by atomic mass is 9.97. The van der Waals surface area contributed by atoms with Crippen molar-refractivity contribution in [3.8, 4) is 0 Å². The van der Waals surface area contributed by atoms with Crippen LogP contribution in [-0.2, 0) is 9.59 Å². The van der Waals surface area contributed by atoms with Crippen LogP contribution in [0.3, 0.4) is 0 Å². The third kappa shape index (κ3) is 2.54. The summed E-state index contributed by atoms with van der Waals surface area (Å²) in [6.45, 7) is 5.84. The first-order valence-electron chi connectivity index (χ1n) is 7.73. The van der Waals surface area contributed by atoms with E-state index in [-0.39, 0.29) is 17.6 Å². The molecule has 1 atom stereocenters. The fourth-order valence-corrected chi connectivity index (χ4v) is 3.39. The molecule has 21 heavy (non-hydrogen) atoms. The lowest BCUT2D eigenvalue weighted by molar-refractivity contribution is -0.117. The van der Waals surface area contributed by atoms with Gasteiger partial charge in [-0.2, -0.15) is 0 Å². The number of rotatable bonds is 2. The van der Waals surface area contributed by atoms with Crippen LogP contribution >= 0.6 is 0 Å². The second-order valence-electron chi connectivity index (χ2n) is 6.31. The Kier molecular flexibility index (Phi) is 3.69. The molecule has 1 aliphatic heterocycles. The number of allylic oxidation sites excluding steroid dienone is 4. The Morgan fingerprint density at radius 2 is 2.05 bits per heavy atom. The maximum atomic E-state index is 12.1. The molecule has 0 spiro atoms. The van der Waals surface area contributed by atoms with Gasteiger partial charge in [0.2, 0.25) is 0 Å². The van der Waals surface area contributed by atoms with E-state index in [1.165, 1.54) is 5.70 Å². The number of carbonyl (C=O) groups is 2. The van der Waals surface area contributed by atoms with E-state index in [4.69, 9.17) is 0 Å². The number of hydrogen-bond donors (Lipinski definition) is 0. The minimum absolute atomic E-state index is 0.0877. The summed E-state index contributed by atoms with van der Waals surface area (Å²) in [5, 5.41) is 0. The molecule has 3 rings (SSSR count). The van der Waals surface area contributed by atoms with Gasteiger partial charge in [-0.3, -0.25) is 4.79 Å². The quantitative estimate of drug-likeness (QED) is 0.577. The predicted octanol–water partition coefficient (Wildman–Crippen LogP) is 2.80. The van der Waals surface area contributed by atoms with Gasteiger partial charge in [0.05, 0.1) is 0 Å². The molecule has 3 nitrogen and oxygen atoms in total. The minimum Gasteiger partial charge on any atom is -0.371 e. The van der Waals surface area contributed by atoms with Crippen LogP contribution in [0.25, 0.3) is 0 Å². The number of ketones is 1. The van der Waals surface area contributed by atoms with Crippen molar-refractivity contribution in [2.24, 2.45) is 11.8 Å². The zero-order valence-corrected chi connectivity index (χ0v) is 12.7. The number of Topliss-reactive ketones (excluding diaryl/α,β-unsaturated/α-hetero) is 1. The topological polar surface area (TPSA) is 37.4 Å². The molecule has 1 heterocycles. The second kappa shape index (κ2) is 5.50. The van der Waals surface area contributed by atoms with Gasteiger partial charge in [-0.25, -0.2) is 0 Å². The van der Waals surface area contributed by atoms with Gasteiger partial charge in [0.15, 0.2) is 5.78 Å². The minimum atomic E-state index is 0.0877. The van der Waals surface area contributed by atoms with Crippen LogP contribution in [0.5, 0.6) is 0 Å². The summed E-state index contributed by atoms with van der Waals surface area (Å²) in [6.07, 6.45) is 7.77. The van der Waals surface area contributed by atoms with E-state index in [1.54, 1.807) is 0 Å². The van der Waals surface area contributed by atoms with Crippen molar-refractivity contribution in [2.75, 3.05) is 13.1 Å². The number of aldehydes is 1. The molecule has 0 aromatic heterocycles. The molecule has 1 fully saturated rings. The Labute approximate surface area is 125 Å². The average Bonchev–Trinajstić information content (AvgIpc) is 2.67. The summed E-state index contributed by atoms with van der Waals surface area (Å²) < 4.78 is 0. The van der Waals surface area contributed by atoms with Gasteiger partial charge in [-0.1, -0.05) is 6.92 Å². The fraction of sp³-hybridized carbons (Fsp3) is 0.500. The first-order valence-corrected chi connectivity index (χ1v) is 7.73. The number of likely N-dealkylation sites (tertiary alicyclic amines) is 1. The van der Waals surface area contributed by atoms with Crippen molar-refractivity contribution in [1.82, 2.24) is 4.90 Å². The summed E-state index contributed by atoms with van der Waals surface area (Å²) in [6, 6.07) is 0. The summed E-state index contributed by atoms with van der Waals surface area (Å²) in [7, 11) is 0. The number of nitrogens with zero attached hydrogens (tertiary/aromatic N) is 1. The van der Waals surface area contributed by atoms with Crippen molar-refractivity contribution in [2.45, 2.75) is 33.1 Å². The van der Waals surface area contributed by atoms with Crippen LogP contribution < -0.4 is 0 Å². The van der Waals surface area contributed by atoms with Gasteiger partial charge in [-0.15, -0.1) is 5.73 Å².